The van der Waals surface area contributed by atoms with Crippen molar-refractivity contribution >= 4 is 39.2 Å². The van der Waals surface area contributed by atoms with E-state index >= 15 is 4.39 Å². The molecule has 0 saturated carbocycles. The van der Waals surface area contributed by atoms with Gasteiger partial charge in [-0.15, -0.1) is 0 Å². The van der Waals surface area contributed by atoms with E-state index < -0.39 is 12.0 Å². The van der Waals surface area contributed by atoms with Crippen molar-refractivity contribution in [3.8, 4) is 17.3 Å². The van der Waals surface area contributed by atoms with Gasteiger partial charge in [0.05, 0.1) is 29.2 Å². The third-order valence-corrected chi connectivity index (χ3v) is 8.97. The lowest BCUT2D eigenvalue weighted by atomic mass is 9.95. The highest BCUT2D eigenvalue weighted by Crippen LogP contribution is 2.41. The van der Waals surface area contributed by atoms with Crippen molar-refractivity contribution in [3.05, 3.63) is 34.9 Å². The number of anilines is 1. The number of benzene rings is 1. The molecule has 210 valence electrons. The zero-order valence-electron chi connectivity index (χ0n) is 22.2. The molecular formula is C28H30ClF2N7O2. The molecule has 1 aromatic carbocycles. The Morgan fingerprint density at radius 1 is 1.18 bits per heavy atom. The van der Waals surface area contributed by atoms with Crippen LogP contribution in [0.4, 0.5) is 14.6 Å². The smallest absolute Gasteiger partial charge is 0.319 e. The molecule has 2 atom stereocenters. The third kappa shape index (κ3) is 4.26. The molecule has 7 rings (SSSR count). The zero-order valence-corrected chi connectivity index (χ0v) is 23.0. The lowest BCUT2D eigenvalue weighted by Gasteiger charge is -2.31. The van der Waals surface area contributed by atoms with Gasteiger partial charge in [-0.2, -0.15) is 15.1 Å². The second kappa shape index (κ2) is 10.0. The van der Waals surface area contributed by atoms with Gasteiger partial charge < -0.3 is 14.4 Å². The monoisotopic (exact) mass is 569 g/mol. The first-order valence-corrected chi connectivity index (χ1v) is 14.1. The first-order chi connectivity index (χ1) is 19.4. The highest BCUT2D eigenvalue weighted by molar-refractivity contribution is 6.32. The predicted molar refractivity (Wildman–Crippen MR) is 148 cm³/mol. The molecule has 3 fully saturated rings. The number of nitrogens with zero attached hydrogens (tertiary/aromatic N) is 6. The maximum atomic E-state index is 16.5. The minimum Gasteiger partial charge on any atom is -0.461 e. The summed E-state index contributed by atoms with van der Waals surface area (Å²) in [7, 11) is 0. The lowest BCUT2D eigenvalue weighted by molar-refractivity contribution is 0.107. The van der Waals surface area contributed by atoms with E-state index in [9.17, 15) is 4.39 Å². The molecule has 0 amide bonds. The van der Waals surface area contributed by atoms with Gasteiger partial charge in [-0.3, -0.25) is 15.0 Å². The van der Waals surface area contributed by atoms with Crippen molar-refractivity contribution < 1.29 is 18.3 Å². The molecule has 3 aliphatic heterocycles. The van der Waals surface area contributed by atoms with Crippen LogP contribution in [-0.2, 0) is 4.74 Å². The number of hydrogen-bond donors (Lipinski definition) is 1. The number of pyridine rings is 1. The number of halogens is 3. The van der Waals surface area contributed by atoms with Gasteiger partial charge in [0.25, 0.3) is 0 Å². The summed E-state index contributed by atoms with van der Waals surface area (Å²) < 4.78 is 42.7. The molecule has 3 saturated heterocycles. The fourth-order valence-electron chi connectivity index (χ4n) is 6.57. The summed E-state index contributed by atoms with van der Waals surface area (Å²) in [5.74, 6) is -0.0365. The molecule has 3 aliphatic rings. The summed E-state index contributed by atoms with van der Waals surface area (Å²) in [5.41, 5.74) is 1.81. The maximum Gasteiger partial charge on any atom is 0.319 e. The van der Waals surface area contributed by atoms with Crippen LogP contribution in [0.3, 0.4) is 0 Å². The van der Waals surface area contributed by atoms with Crippen molar-refractivity contribution in [1.29, 1.82) is 0 Å². The Bertz CT molecular complexity index is 1590. The minimum atomic E-state index is -0.874. The standard InChI is InChI=1S/C28H30ClF2N7O2/c1-16-20(29)10-21-18(13-33-36-21)22(16)25-23(31)24-19(12-32-25)26(37-5-3-8-39-9-7-37)35-27(34-24)40-15-28-4-2-6-38(28)14-17(30)11-28/h10,12-13,17H,2-9,11,14-15H2,1H3,(H,33,36)/t17-,28?/m1/s1. The molecule has 0 bridgehead atoms. The number of H-pyrrole nitrogens is 1. The molecule has 3 aromatic heterocycles. The molecule has 1 unspecified atom stereocenters. The molecule has 4 aromatic rings. The molecule has 40 heavy (non-hydrogen) atoms. The molecule has 0 spiro atoms. The van der Waals surface area contributed by atoms with Gasteiger partial charge in [-0.1, -0.05) is 11.6 Å². The third-order valence-electron chi connectivity index (χ3n) is 8.58. The van der Waals surface area contributed by atoms with E-state index in [1.54, 1.807) is 18.5 Å². The number of fused-ring (bicyclic) bond motifs is 3. The number of hydrogen-bond acceptors (Lipinski definition) is 8. The van der Waals surface area contributed by atoms with Gasteiger partial charge in [0, 0.05) is 54.8 Å². The van der Waals surface area contributed by atoms with E-state index in [1.807, 2.05) is 6.92 Å². The average Bonchev–Trinajstić information content (AvgIpc) is 3.56. The maximum absolute atomic E-state index is 16.5. The highest BCUT2D eigenvalue weighted by Gasteiger charge is 2.49. The van der Waals surface area contributed by atoms with Crippen molar-refractivity contribution in [2.24, 2.45) is 0 Å². The first kappa shape index (κ1) is 25.8. The Labute approximate surface area is 234 Å². The quantitative estimate of drug-likeness (QED) is 0.365. The summed E-state index contributed by atoms with van der Waals surface area (Å²) in [6, 6.07) is 1.84. The number of aromatic nitrogens is 5. The van der Waals surface area contributed by atoms with E-state index in [1.165, 1.54) is 0 Å². The van der Waals surface area contributed by atoms with Crippen LogP contribution in [0.15, 0.2) is 18.5 Å². The molecule has 12 heteroatoms. The van der Waals surface area contributed by atoms with Gasteiger partial charge >= 0.3 is 6.01 Å². The zero-order chi connectivity index (χ0) is 27.4. The van der Waals surface area contributed by atoms with Crippen LogP contribution in [-0.4, -0.2) is 87.8 Å². The predicted octanol–water partition coefficient (Wildman–Crippen LogP) is 4.85. The van der Waals surface area contributed by atoms with Crippen molar-refractivity contribution in [2.75, 3.05) is 50.9 Å². The number of aromatic amines is 1. The Balaban J connectivity index is 1.35. The lowest BCUT2D eigenvalue weighted by Crippen LogP contribution is -2.43. The topological polar surface area (TPSA) is 92.3 Å². The number of ether oxygens (including phenoxy) is 2. The molecule has 0 radical (unpaired) electrons. The van der Waals surface area contributed by atoms with Gasteiger partial charge in [-0.25, -0.2) is 8.78 Å². The molecule has 9 nitrogen and oxygen atoms in total. The largest absolute Gasteiger partial charge is 0.461 e. The van der Waals surface area contributed by atoms with Crippen LogP contribution in [0.1, 0.15) is 31.2 Å². The molecular weight excluding hydrogens is 540 g/mol. The second-order valence-electron chi connectivity index (χ2n) is 11.0. The molecule has 0 aliphatic carbocycles. The van der Waals surface area contributed by atoms with Crippen LogP contribution in [0, 0.1) is 12.7 Å². The van der Waals surface area contributed by atoms with Gasteiger partial charge in [0.1, 0.15) is 29.8 Å². The Morgan fingerprint density at radius 2 is 2.08 bits per heavy atom. The Kier molecular flexibility index (Phi) is 6.47. The van der Waals surface area contributed by atoms with Gasteiger partial charge in [-0.05, 0) is 44.4 Å². The number of rotatable bonds is 5. The summed E-state index contributed by atoms with van der Waals surface area (Å²) in [6.45, 7) is 5.84. The van der Waals surface area contributed by atoms with Crippen LogP contribution in [0.5, 0.6) is 6.01 Å². The van der Waals surface area contributed by atoms with Gasteiger partial charge in [0.15, 0.2) is 5.82 Å². The molecule has 1 N–H and O–H groups in total. The van der Waals surface area contributed by atoms with E-state index in [0.29, 0.717) is 77.5 Å². The minimum absolute atomic E-state index is 0.0727. The first-order valence-electron chi connectivity index (χ1n) is 13.8. The Hall–Kier alpha value is -3.15. The fraction of sp³-hybridized carbons (Fsp3) is 0.500. The summed E-state index contributed by atoms with van der Waals surface area (Å²) in [6.07, 6.45) is 5.48. The van der Waals surface area contributed by atoms with Crippen molar-refractivity contribution in [2.45, 2.75) is 44.3 Å². The van der Waals surface area contributed by atoms with Crippen LogP contribution in [0.2, 0.25) is 5.02 Å². The van der Waals surface area contributed by atoms with Gasteiger partial charge in [0.2, 0.25) is 0 Å². The average molecular weight is 570 g/mol. The highest BCUT2D eigenvalue weighted by atomic mass is 35.5. The number of nitrogens with one attached hydrogen (secondary N) is 1. The van der Waals surface area contributed by atoms with Crippen molar-refractivity contribution in [3.63, 3.8) is 0 Å². The summed E-state index contributed by atoms with van der Waals surface area (Å²) in [4.78, 5) is 18.1. The normalized spacial score (nSPS) is 23.7. The molecule has 6 heterocycles. The number of alkyl halides is 1. The van der Waals surface area contributed by atoms with E-state index in [0.717, 1.165) is 25.8 Å². The SMILES string of the molecule is Cc1c(Cl)cc2[nH]ncc2c1-c1ncc2c(N3CCCOCC3)nc(OCC34CCCN3C[C@H](F)C4)nc2c1F. The van der Waals surface area contributed by atoms with Crippen LogP contribution >= 0.6 is 11.6 Å². The summed E-state index contributed by atoms with van der Waals surface area (Å²) >= 11 is 6.50. The van der Waals surface area contributed by atoms with E-state index in [4.69, 9.17) is 26.1 Å². The second-order valence-corrected chi connectivity index (χ2v) is 11.4. The van der Waals surface area contributed by atoms with Crippen LogP contribution < -0.4 is 9.64 Å². The van der Waals surface area contributed by atoms with E-state index in [2.05, 4.69) is 30.0 Å². The van der Waals surface area contributed by atoms with Crippen molar-refractivity contribution in [1.82, 2.24) is 30.0 Å². The summed E-state index contributed by atoms with van der Waals surface area (Å²) in [5, 5.41) is 8.71. The van der Waals surface area contributed by atoms with E-state index in [-0.39, 0.29) is 29.4 Å². The fourth-order valence-corrected chi connectivity index (χ4v) is 6.78. The Morgan fingerprint density at radius 3 is 2.98 bits per heavy atom. The van der Waals surface area contributed by atoms with Crippen LogP contribution in [0.25, 0.3) is 33.1 Å².